The summed E-state index contributed by atoms with van der Waals surface area (Å²) < 4.78 is 11.2. The average molecular weight is 272 g/mol. The Morgan fingerprint density at radius 3 is 2.79 bits per heavy atom. The molecule has 114 valence electrons. The van der Waals surface area contributed by atoms with Gasteiger partial charge in [0, 0.05) is 44.3 Å². The van der Waals surface area contributed by atoms with Crippen LogP contribution < -0.4 is 5.32 Å². The third-order valence-electron chi connectivity index (χ3n) is 3.72. The van der Waals surface area contributed by atoms with E-state index in [0.29, 0.717) is 6.04 Å². The van der Waals surface area contributed by atoms with E-state index in [-0.39, 0.29) is 5.41 Å². The lowest BCUT2D eigenvalue weighted by atomic mass is 9.81. The number of hydrogen-bond donors (Lipinski definition) is 1. The number of nitrogens with zero attached hydrogens (tertiary/aromatic N) is 1. The Labute approximate surface area is 118 Å². The van der Waals surface area contributed by atoms with Gasteiger partial charge in [-0.1, -0.05) is 13.8 Å². The van der Waals surface area contributed by atoms with Crippen molar-refractivity contribution in [3.8, 4) is 0 Å². The van der Waals surface area contributed by atoms with Gasteiger partial charge >= 0.3 is 0 Å². The summed E-state index contributed by atoms with van der Waals surface area (Å²) in [4.78, 5) is 2.38. The number of ether oxygens (including phenoxy) is 2. The van der Waals surface area contributed by atoms with Crippen molar-refractivity contribution in [2.24, 2.45) is 5.41 Å². The monoisotopic (exact) mass is 272 g/mol. The molecule has 4 heteroatoms. The molecule has 1 heterocycles. The van der Waals surface area contributed by atoms with Crippen molar-refractivity contribution < 1.29 is 9.47 Å². The van der Waals surface area contributed by atoms with Gasteiger partial charge in [-0.05, 0) is 26.8 Å². The van der Waals surface area contributed by atoms with Gasteiger partial charge in [-0.2, -0.15) is 0 Å². The molecule has 1 saturated heterocycles. The van der Waals surface area contributed by atoms with Gasteiger partial charge < -0.3 is 19.7 Å². The normalized spacial score (nSPS) is 24.3. The largest absolute Gasteiger partial charge is 0.381 e. The van der Waals surface area contributed by atoms with Crippen LogP contribution in [0.25, 0.3) is 0 Å². The zero-order valence-electron chi connectivity index (χ0n) is 13.2. The van der Waals surface area contributed by atoms with Crippen LogP contribution in [0.5, 0.6) is 0 Å². The maximum atomic E-state index is 5.75. The minimum atomic E-state index is 0.267. The van der Waals surface area contributed by atoms with Gasteiger partial charge in [0.25, 0.3) is 0 Å². The Morgan fingerprint density at radius 1 is 1.42 bits per heavy atom. The molecule has 0 aromatic heterocycles. The van der Waals surface area contributed by atoms with E-state index < -0.39 is 0 Å². The van der Waals surface area contributed by atoms with Crippen LogP contribution in [0, 0.1) is 5.41 Å². The lowest BCUT2D eigenvalue weighted by Crippen LogP contribution is -2.49. The van der Waals surface area contributed by atoms with E-state index in [4.69, 9.17) is 9.47 Å². The summed E-state index contributed by atoms with van der Waals surface area (Å²) in [6, 6.07) is 0.535. The highest BCUT2D eigenvalue weighted by atomic mass is 16.5. The van der Waals surface area contributed by atoms with Gasteiger partial charge in [0.2, 0.25) is 0 Å². The first-order chi connectivity index (χ1) is 9.08. The molecule has 0 aromatic carbocycles. The lowest BCUT2D eigenvalue weighted by molar-refractivity contribution is -0.0263. The zero-order valence-corrected chi connectivity index (χ0v) is 13.2. The first-order valence-corrected chi connectivity index (χ1v) is 7.65. The Balaban J connectivity index is 2.43. The van der Waals surface area contributed by atoms with Crippen LogP contribution in [0.2, 0.25) is 0 Å². The highest BCUT2D eigenvalue weighted by Gasteiger charge is 2.33. The number of rotatable bonds is 9. The van der Waals surface area contributed by atoms with Crippen molar-refractivity contribution in [2.75, 3.05) is 53.1 Å². The predicted molar refractivity (Wildman–Crippen MR) is 79.6 cm³/mol. The Hall–Kier alpha value is -0.160. The molecule has 1 atom stereocenters. The van der Waals surface area contributed by atoms with Crippen LogP contribution in [-0.4, -0.2) is 64.1 Å². The minimum Gasteiger partial charge on any atom is -0.381 e. The zero-order chi connectivity index (χ0) is 14.1. The summed E-state index contributed by atoms with van der Waals surface area (Å²) in [5, 5.41) is 3.59. The van der Waals surface area contributed by atoms with E-state index >= 15 is 0 Å². The Kier molecular flexibility index (Phi) is 7.91. The van der Waals surface area contributed by atoms with Crippen LogP contribution in [0.15, 0.2) is 0 Å². The van der Waals surface area contributed by atoms with Crippen molar-refractivity contribution in [2.45, 2.75) is 39.7 Å². The average Bonchev–Trinajstić information content (AvgIpc) is 2.38. The molecule has 1 aliphatic heterocycles. The van der Waals surface area contributed by atoms with Crippen LogP contribution in [0.4, 0.5) is 0 Å². The second kappa shape index (κ2) is 8.90. The van der Waals surface area contributed by atoms with Crippen molar-refractivity contribution in [3.05, 3.63) is 0 Å². The topological polar surface area (TPSA) is 33.7 Å². The van der Waals surface area contributed by atoms with Crippen LogP contribution in [-0.2, 0) is 9.47 Å². The first kappa shape index (κ1) is 16.9. The van der Waals surface area contributed by atoms with Crippen LogP contribution >= 0.6 is 0 Å². The summed E-state index contributed by atoms with van der Waals surface area (Å²) in [7, 11) is 2.19. The fourth-order valence-corrected chi connectivity index (χ4v) is 2.67. The lowest BCUT2D eigenvalue weighted by Gasteiger charge is -2.40. The number of hydrogen-bond acceptors (Lipinski definition) is 4. The van der Waals surface area contributed by atoms with Gasteiger partial charge in [-0.25, -0.2) is 0 Å². The molecular weight excluding hydrogens is 240 g/mol. The first-order valence-electron chi connectivity index (χ1n) is 7.65. The molecule has 0 saturated carbocycles. The third kappa shape index (κ3) is 6.70. The summed E-state index contributed by atoms with van der Waals surface area (Å²) in [5.41, 5.74) is 0.267. The molecule has 0 aliphatic carbocycles. The molecular formula is C15H32N2O2. The van der Waals surface area contributed by atoms with Crippen molar-refractivity contribution >= 4 is 0 Å². The molecule has 1 aliphatic rings. The van der Waals surface area contributed by atoms with Crippen molar-refractivity contribution in [1.29, 1.82) is 0 Å². The maximum absolute atomic E-state index is 5.75. The molecule has 0 radical (unpaired) electrons. The molecule has 1 unspecified atom stereocenters. The fraction of sp³-hybridized carbons (Fsp3) is 1.00. The summed E-state index contributed by atoms with van der Waals surface area (Å²) in [6.07, 6.45) is 2.44. The van der Waals surface area contributed by atoms with E-state index in [0.717, 1.165) is 46.1 Å². The fourth-order valence-electron chi connectivity index (χ4n) is 2.67. The van der Waals surface area contributed by atoms with Crippen LogP contribution in [0.1, 0.15) is 33.6 Å². The molecule has 0 aromatic rings. The molecule has 1 N–H and O–H groups in total. The molecule has 1 rings (SSSR count). The quantitative estimate of drug-likeness (QED) is 0.648. The van der Waals surface area contributed by atoms with E-state index in [1.54, 1.807) is 0 Å². The van der Waals surface area contributed by atoms with E-state index in [1.807, 2.05) is 6.92 Å². The number of likely N-dealkylation sites (N-methyl/N-ethyl adjacent to an activating group) is 1. The van der Waals surface area contributed by atoms with Gasteiger partial charge in [-0.3, -0.25) is 0 Å². The summed E-state index contributed by atoms with van der Waals surface area (Å²) >= 11 is 0. The smallest absolute Gasteiger partial charge is 0.0593 e. The molecule has 0 bridgehead atoms. The highest BCUT2D eigenvalue weighted by molar-refractivity contribution is 4.87. The standard InChI is InChI=1S/C15H32N2O2/c1-5-18-10-8-17(4)12-15(11-16-14(2)3)7-6-9-19-13-15/h14,16H,5-13H2,1-4H3. The Morgan fingerprint density at radius 2 is 2.21 bits per heavy atom. The minimum absolute atomic E-state index is 0.267. The van der Waals surface area contributed by atoms with Crippen molar-refractivity contribution in [1.82, 2.24) is 10.2 Å². The van der Waals surface area contributed by atoms with Crippen LogP contribution in [0.3, 0.4) is 0 Å². The summed E-state index contributed by atoms with van der Waals surface area (Å²) in [5.74, 6) is 0. The molecule has 1 fully saturated rings. The van der Waals surface area contributed by atoms with E-state index in [9.17, 15) is 0 Å². The second-order valence-electron chi connectivity index (χ2n) is 6.13. The van der Waals surface area contributed by atoms with E-state index in [1.165, 1.54) is 12.8 Å². The Bertz CT molecular complexity index is 228. The number of nitrogens with one attached hydrogen (secondary N) is 1. The van der Waals surface area contributed by atoms with E-state index in [2.05, 4.69) is 31.1 Å². The molecule has 19 heavy (non-hydrogen) atoms. The third-order valence-corrected chi connectivity index (χ3v) is 3.72. The van der Waals surface area contributed by atoms with Gasteiger partial charge in [0.1, 0.15) is 0 Å². The van der Waals surface area contributed by atoms with Gasteiger partial charge in [-0.15, -0.1) is 0 Å². The summed E-state index contributed by atoms with van der Waals surface area (Å²) in [6.45, 7) is 13.0. The highest BCUT2D eigenvalue weighted by Crippen LogP contribution is 2.29. The van der Waals surface area contributed by atoms with Crippen molar-refractivity contribution in [3.63, 3.8) is 0 Å². The molecule has 0 spiro atoms. The molecule has 0 amide bonds. The van der Waals surface area contributed by atoms with Gasteiger partial charge in [0.15, 0.2) is 0 Å². The SMILES string of the molecule is CCOCCN(C)CC1(CNC(C)C)CCCOC1. The molecule has 4 nitrogen and oxygen atoms in total. The second-order valence-corrected chi connectivity index (χ2v) is 6.13. The predicted octanol–water partition coefficient (Wildman–Crippen LogP) is 1.75. The maximum Gasteiger partial charge on any atom is 0.0593 e. The van der Waals surface area contributed by atoms with Gasteiger partial charge in [0.05, 0.1) is 13.2 Å².